The van der Waals surface area contributed by atoms with Crippen LogP contribution in [0.2, 0.25) is 0 Å². The van der Waals surface area contributed by atoms with E-state index in [4.69, 9.17) is 0 Å². The molecule has 0 unspecified atom stereocenters. The van der Waals surface area contributed by atoms with E-state index in [9.17, 15) is 0 Å². The first-order valence-corrected chi connectivity index (χ1v) is 5.45. The third-order valence-electron chi connectivity index (χ3n) is 2.24. The predicted octanol–water partition coefficient (Wildman–Crippen LogP) is 1.58. The zero-order chi connectivity index (χ0) is 10.2. The molecule has 0 aliphatic heterocycles. The molecule has 1 aromatic heterocycles. The lowest BCUT2D eigenvalue weighted by Gasteiger charge is -2.04. The standard InChI is InChI=1S/C10H20N4/c1-3-5-6-7-11-8-10-12-9-13-14(10)4-2/h9,11H,3-8H2,1-2H3. The molecular formula is C10H20N4. The summed E-state index contributed by atoms with van der Waals surface area (Å²) in [5.74, 6) is 1.03. The third-order valence-corrected chi connectivity index (χ3v) is 2.24. The fourth-order valence-corrected chi connectivity index (χ4v) is 1.39. The summed E-state index contributed by atoms with van der Waals surface area (Å²) < 4.78 is 1.92. The summed E-state index contributed by atoms with van der Waals surface area (Å²) in [6.45, 7) is 7.09. The van der Waals surface area contributed by atoms with Gasteiger partial charge in [0.1, 0.15) is 12.2 Å². The molecule has 0 saturated heterocycles. The normalized spacial score (nSPS) is 10.7. The second-order valence-corrected chi connectivity index (χ2v) is 3.38. The van der Waals surface area contributed by atoms with Crippen molar-refractivity contribution in [1.29, 1.82) is 0 Å². The lowest BCUT2D eigenvalue weighted by molar-refractivity contribution is 0.556. The lowest BCUT2D eigenvalue weighted by Crippen LogP contribution is -2.18. The molecule has 1 heterocycles. The molecule has 0 spiro atoms. The van der Waals surface area contributed by atoms with Gasteiger partial charge in [-0.2, -0.15) is 5.10 Å². The fraction of sp³-hybridized carbons (Fsp3) is 0.800. The van der Waals surface area contributed by atoms with Crippen molar-refractivity contribution in [2.45, 2.75) is 46.2 Å². The van der Waals surface area contributed by atoms with E-state index < -0.39 is 0 Å². The summed E-state index contributed by atoms with van der Waals surface area (Å²) >= 11 is 0. The van der Waals surface area contributed by atoms with E-state index in [1.165, 1.54) is 19.3 Å². The molecule has 1 aromatic rings. The van der Waals surface area contributed by atoms with Gasteiger partial charge in [-0.15, -0.1) is 0 Å². The first-order chi connectivity index (χ1) is 6.88. The summed E-state index contributed by atoms with van der Waals surface area (Å²) in [5, 5.41) is 7.49. The SMILES string of the molecule is CCCCCNCc1ncnn1CC. The van der Waals surface area contributed by atoms with E-state index in [2.05, 4.69) is 29.2 Å². The Morgan fingerprint density at radius 2 is 2.21 bits per heavy atom. The average molecular weight is 196 g/mol. The molecule has 4 heteroatoms. The molecule has 0 aliphatic rings. The molecule has 0 radical (unpaired) electrons. The monoisotopic (exact) mass is 196 g/mol. The Kier molecular flexibility index (Phi) is 5.22. The maximum absolute atomic E-state index is 4.19. The Morgan fingerprint density at radius 1 is 1.36 bits per heavy atom. The van der Waals surface area contributed by atoms with E-state index in [1.807, 2.05) is 4.68 Å². The molecule has 1 N–H and O–H groups in total. The van der Waals surface area contributed by atoms with Crippen LogP contribution in [-0.2, 0) is 13.1 Å². The predicted molar refractivity (Wildman–Crippen MR) is 56.9 cm³/mol. The van der Waals surface area contributed by atoms with Gasteiger partial charge in [0.15, 0.2) is 0 Å². The molecule has 0 aromatic carbocycles. The fourth-order valence-electron chi connectivity index (χ4n) is 1.39. The van der Waals surface area contributed by atoms with Crippen molar-refractivity contribution in [3.63, 3.8) is 0 Å². The quantitative estimate of drug-likeness (QED) is 0.673. The lowest BCUT2D eigenvalue weighted by atomic mass is 10.2. The van der Waals surface area contributed by atoms with Gasteiger partial charge in [0.2, 0.25) is 0 Å². The molecule has 80 valence electrons. The number of unbranched alkanes of at least 4 members (excludes halogenated alkanes) is 2. The summed E-state index contributed by atoms with van der Waals surface area (Å²) in [6, 6.07) is 0. The van der Waals surface area contributed by atoms with Crippen LogP contribution >= 0.6 is 0 Å². The van der Waals surface area contributed by atoms with E-state index >= 15 is 0 Å². The minimum Gasteiger partial charge on any atom is -0.310 e. The maximum atomic E-state index is 4.19. The maximum Gasteiger partial charge on any atom is 0.140 e. The van der Waals surface area contributed by atoms with Crippen LogP contribution in [0, 0.1) is 0 Å². The van der Waals surface area contributed by atoms with Crippen LogP contribution in [0.25, 0.3) is 0 Å². The highest BCUT2D eigenvalue weighted by Crippen LogP contribution is 1.95. The molecular weight excluding hydrogens is 176 g/mol. The van der Waals surface area contributed by atoms with Crippen molar-refractivity contribution in [3.8, 4) is 0 Å². The number of rotatable bonds is 7. The van der Waals surface area contributed by atoms with E-state index in [0.29, 0.717) is 0 Å². The van der Waals surface area contributed by atoms with Crippen molar-refractivity contribution in [1.82, 2.24) is 20.1 Å². The van der Waals surface area contributed by atoms with Gasteiger partial charge in [-0.1, -0.05) is 19.8 Å². The first kappa shape index (κ1) is 11.2. The zero-order valence-electron chi connectivity index (χ0n) is 9.16. The van der Waals surface area contributed by atoms with E-state index in [0.717, 1.165) is 25.5 Å². The van der Waals surface area contributed by atoms with Crippen molar-refractivity contribution < 1.29 is 0 Å². The number of hydrogen-bond acceptors (Lipinski definition) is 3. The minimum absolute atomic E-state index is 0.831. The topological polar surface area (TPSA) is 42.7 Å². The summed E-state index contributed by atoms with van der Waals surface area (Å²) in [6.07, 6.45) is 5.43. The number of aromatic nitrogens is 3. The molecule has 0 fully saturated rings. The molecule has 0 bridgehead atoms. The van der Waals surface area contributed by atoms with Crippen molar-refractivity contribution in [2.24, 2.45) is 0 Å². The van der Waals surface area contributed by atoms with Gasteiger partial charge in [0.05, 0.1) is 6.54 Å². The number of nitrogens with one attached hydrogen (secondary N) is 1. The van der Waals surface area contributed by atoms with Crippen LogP contribution in [0.3, 0.4) is 0 Å². The van der Waals surface area contributed by atoms with Gasteiger partial charge in [-0.25, -0.2) is 9.67 Å². The summed E-state index contributed by atoms with van der Waals surface area (Å²) in [4.78, 5) is 4.19. The summed E-state index contributed by atoms with van der Waals surface area (Å²) in [7, 11) is 0. The molecule has 0 amide bonds. The van der Waals surface area contributed by atoms with Crippen molar-refractivity contribution >= 4 is 0 Å². The highest BCUT2D eigenvalue weighted by molar-refractivity contribution is 4.83. The number of nitrogens with zero attached hydrogens (tertiary/aromatic N) is 3. The summed E-state index contributed by atoms with van der Waals surface area (Å²) in [5.41, 5.74) is 0. The Labute approximate surface area is 85.7 Å². The third kappa shape index (κ3) is 3.46. The van der Waals surface area contributed by atoms with Crippen molar-refractivity contribution in [3.05, 3.63) is 12.2 Å². The molecule has 4 nitrogen and oxygen atoms in total. The van der Waals surface area contributed by atoms with Crippen LogP contribution in [0.15, 0.2) is 6.33 Å². The number of hydrogen-bond donors (Lipinski definition) is 1. The van der Waals surface area contributed by atoms with Gasteiger partial charge >= 0.3 is 0 Å². The van der Waals surface area contributed by atoms with Gasteiger partial charge < -0.3 is 5.32 Å². The van der Waals surface area contributed by atoms with E-state index in [-0.39, 0.29) is 0 Å². The Balaban J connectivity index is 2.17. The second kappa shape index (κ2) is 6.54. The Morgan fingerprint density at radius 3 is 2.93 bits per heavy atom. The largest absolute Gasteiger partial charge is 0.310 e. The van der Waals surface area contributed by atoms with Crippen molar-refractivity contribution in [2.75, 3.05) is 6.54 Å². The molecule has 14 heavy (non-hydrogen) atoms. The zero-order valence-corrected chi connectivity index (χ0v) is 9.16. The molecule has 0 atom stereocenters. The molecule has 0 saturated carbocycles. The van der Waals surface area contributed by atoms with Crippen LogP contribution in [0.5, 0.6) is 0 Å². The smallest absolute Gasteiger partial charge is 0.140 e. The van der Waals surface area contributed by atoms with Gasteiger partial charge in [0, 0.05) is 6.54 Å². The van der Waals surface area contributed by atoms with Crippen LogP contribution in [0.1, 0.15) is 38.9 Å². The number of aryl methyl sites for hydroxylation is 1. The minimum atomic E-state index is 0.831. The van der Waals surface area contributed by atoms with Crippen LogP contribution in [0.4, 0.5) is 0 Å². The highest BCUT2D eigenvalue weighted by atomic mass is 15.3. The molecule has 0 aliphatic carbocycles. The van der Waals surface area contributed by atoms with Gasteiger partial charge in [0.25, 0.3) is 0 Å². The average Bonchev–Trinajstić information content (AvgIpc) is 2.65. The Bertz CT molecular complexity index is 244. The first-order valence-electron chi connectivity index (χ1n) is 5.45. The van der Waals surface area contributed by atoms with Crippen LogP contribution in [-0.4, -0.2) is 21.3 Å². The highest BCUT2D eigenvalue weighted by Gasteiger charge is 2.00. The Hall–Kier alpha value is -0.900. The molecule has 1 rings (SSSR count). The van der Waals surface area contributed by atoms with Gasteiger partial charge in [-0.3, -0.25) is 0 Å². The van der Waals surface area contributed by atoms with Crippen LogP contribution < -0.4 is 5.32 Å². The van der Waals surface area contributed by atoms with E-state index in [1.54, 1.807) is 6.33 Å². The van der Waals surface area contributed by atoms with Gasteiger partial charge in [-0.05, 0) is 19.9 Å². The second-order valence-electron chi connectivity index (χ2n) is 3.38.